The molecule has 0 saturated carbocycles. The number of carbonyl (C=O) groups is 1. The predicted molar refractivity (Wildman–Crippen MR) is 111 cm³/mol. The van der Waals surface area contributed by atoms with Gasteiger partial charge in [0.05, 0.1) is 23.9 Å². The number of amides is 1. The molecule has 144 valence electrons. The Morgan fingerprint density at radius 2 is 2.25 bits per heavy atom. The van der Waals surface area contributed by atoms with Gasteiger partial charge in [-0.1, -0.05) is 29.4 Å². The number of ether oxygens (including phenoxy) is 1. The van der Waals surface area contributed by atoms with Crippen LogP contribution in [-0.4, -0.2) is 33.3 Å². The van der Waals surface area contributed by atoms with E-state index in [1.54, 1.807) is 42.6 Å². The maximum absolute atomic E-state index is 12.7. The van der Waals surface area contributed by atoms with Gasteiger partial charge in [-0.3, -0.25) is 14.2 Å². The number of anilines is 1. The number of hydrogen-bond acceptors (Lipinski definition) is 6. The van der Waals surface area contributed by atoms with E-state index in [2.05, 4.69) is 21.9 Å². The van der Waals surface area contributed by atoms with E-state index in [1.165, 1.54) is 11.7 Å². The van der Waals surface area contributed by atoms with Crippen LogP contribution >= 0.6 is 23.4 Å². The number of methoxy groups -OCH3 is 1. The third kappa shape index (κ3) is 4.35. The van der Waals surface area contributed by atoms with Gasteiger partial charge in [-0.05, 0) is 30.3 Å². The molecule has 28 heavy (non-hydrogen) atoms. The minimum absolute atomic E-state index is 0.0393. The van der Waals surface area contributed by atoms with Crippen molar-refractivity contribution in [2.45, 2.75) is 11.7 Å². The van der Waals surface area contributed by atoms with Crippen LogP contribution in [0.15, 0.2) is 59.1 Å². The van der Waals surface area contributed by atoms with E-state index in [9.17, 15) is 9.59 Å². The number of thioether (sulfide) groups is 1. The summed E-state index contributed by atoms with van der Waals surface area (Å²) in [5.74, 6) is 0.253. The molecule has 0 aliphatic rings. The lowest BCUT2D eigenvalue weighted by Gasteiger charge is -2.12. The van der Waals surface area contributed by atoms with Crippen molar-refractivity contribution in [3.8, 4) is 5.75 Å². The smallest absolute Gasteiger partial charge is 0.263 e. The van der Waals surface area contributed by atoms with Crippen LogP contribution in [0.2, 0.25) is 5.02 Å². The fourth-order valence-electron chi connectivity index (χ4n) is 2.53. The first-order valence-corrected chi connectivity index (χ1v) is 9.62. The average Bonchev–Trinajstić information content (AvgIpc) is 2.69. The minimum Gasteiger partial charge on any atom is -0.495 e. The summed E-state index contributed by atoms with van der Waals surface area (Å²) >= 11 is 7.12. The van der Waals surface area contributed by atoms with E-state index < -0.39 is 0 Å². The fourth-order valence-corrected chi connectivity index (χ4v) is 3.50. The zero-order chi connectivity index (χ0) is 20.1. The lowest BCUT2D eigenvalue weighted by atomic mass is 10.3. The van der Waals surface area contributed by atoms with Crippen LogP contribution in [0, 0.1) is 0 Å². The number of halogens is 1. The largest absolute Gasteiger partial charge is 0.495 e. The van der Waals surface area contributed by atoms with Gasteiger partial charge in [-0.15, -0.1) is 6.58 Å². The van der Waals surface area contributed by atoms with Gasteiger partial charge in [-0.2, -0.15) is 0 Å². The van der Waals surface area contributed by atoms with Crippen LogP contribution in [0.5, 0.6) is 5.75 Å². The Morgan fingerprint density at radius 1 is 1.43 bits per heavy atom. The molecule has 0 fully saturated rings. The molecule has 2 aromatic heterocycles. The minimum atomic E-state index is -0.286. The standard InChI is InChI=1S/C19H17ClN4O3S/c1-3-9-24-18(26)13-5-4-8-21-17(13)23-19(24)28-11-16(25)22-14-10-12(20)6-7-15(14)27-2/h3-8,10H,1,9,11H2,2H3,(H,22,25). The maximum atomic E-state index is 12.7. The first kappa shape index (κ1) is 19.9. The molecule has 3 aromatic rings. The van der Waals surface area contributed by atoms with Gasteiger partial charge < -0.3 is 10.1 Å². The number of rotatable bonds is 7. The van der Waals surface area contributed by atoms with Gasteiger partial charge in [0, 0.05) is 17.8 Å². The number of allylic oxidation sites excluding steroid dienone is 1. The first-order valence-electron chi connectivity index (χ1n) is 8.26. The average molecular weight is 417 g/mol. The molecule has 3 rings (SSSR count). The molecule has 0 aliphatic carbocycles. The summed E-state index contributed by atoms with van der Waals surface area (Å²) in [5, 5.41) is 4.04. The van der Waals surface area contributed by atoms with Crippen molar-refractivity contribution in [2.24, 2.45) is 0 Å². The van der Waals surface area contributed by atoms with Crippen LogP contribution in [0.1, 0.15) is 0 Å². The molecule has 0 aliphatic heterocycles. The number of carbonyl (C=O) groups excluding carboxylic acids is 1. The number of hydrogen-bond donors (Lipinski definition) is 1. The van der Waals surface area contributed by atoms with Gasteiger partial charge in [0.15, 0.2) is 10.8 Å². The molecule has 9 heteroatoms. The number of nitrogens with zero attached hydrogens (tertiary/aromatic N) is 3. The predicted octanol–water partition coefficient (Wildman–Crippen LogP) is 3.37. The first-order chi connectivity index (χ1) is 13.5. The molecule has 0 spiro atoms. The molecule has 0 bridgehead atoms. The summed E-state index contributed by atoms with van der Waals surface area (Å²) in [7, 11) is 1.51. The van der Waals surface area contributed by atoms with E-state index in [4.69, 9.17) is 16.3 Å². The van der Waals surface area contributed by atoms with Crippen molar-refractivity contribution < 1.29 is 9.53 Å². The molecule has 1 N–H and O–H groups in total. The van der Waals surface area contributed by atoms with Crippen molar-refractivity contribution in [1.29, 1.82) is 0 Å². The maximum Gasteiger partial charge on any atom is 0.263 e. The number of benzene rings is 1. The van der Waals surface area contributed by atoms with Gasteiger partial charge in [-0.25, -0.2) is 9.97 Å². The Balaban J connectivity index is 1.82. The zero-order valence-electron chi connectivity index (χ0n) is 15.0. The van der Waals surface area contributed by atoms with Crippen LogP contribution in [0.4, 0.5) is 5.69 Å². The fraction of sp³-hybridized carbons (Fsp3) is 0.158. The summed E-state index contributed by atoms with van der Waals surface area (Å²) < 4.78 is 6.69. The molecule has 7 nitrogen and oxygen atoms in total. The van der Waals surface area contributed by atoms with Crippen molar-refractivity contribution >= 4 is 46.0 Å². The second-order valence-corrected chi connectivity index (χ2v) is 7.03. The van der Waals surface area contributed by atoms with E-state index in [1.807, 2.05) is 0 Å². The lowest BCUT2D eigenvalue weighted by molar-refractivity contribution is -0.113. The van der Waals surface area contributed by atoms with Crippen molar-refractivity contribution in [3.63, 3.8) is 0 Å². The van der Waals surface area contributed by atoms with Crippen LogP contribution in [0.25, 0.3) is 11.0 Å². The van der Waals surface area contributed by atoms with E-state index in [0.29, 0.717) is 32.6 Å². The highest BCUT2D eigenvalue weighted by Gasteiger charge is 2.14. The van der Waals surface area contributed by atoms with Gasteiger partial charge in [0.25, 0.3) is 5.56 Å². The molecule has 0 unspecified atom stereocenters. The third-order valence-electron chi connectivity index (χ3n) is 3.77. The third-order valence-corrected chi connectivity index (χ3v) is 4.99. The molecule has 2 heterocycles. The second kappa shape index (κ2) is 8.90. The molecule has 1 aromatic carbocycles. The Hall–Kier alpha value is -2.84. The lowest BCUT2D eigenvalue weighted by Crippen LogP contribution is -2.24. The highest BCUT2D eigenvalue weighted by atomic mass is 35.5. The van der Waals surface area contributed by atoms with Gasteiger partial charge in [0.1, 0.15) is 5.75 Å². The highest BCUT2D eigenvalue weighted by molar-refractivity contribution is 7.99. The quantitative estimate of drug-likeness (QED) is 0.361. The monoisotopic (exact) mass is 416 g/mol. The van der Waals surface area contributed by atoms with Crippen LogP contribution in [-0.2, 0) is 11.3 Å². The molecule has 1 amide bonds. The van der Waals surface area contributed by atoms with Crippen molar-refractivity contribution in [1.82, 2.24) is 14.5 Å². The van der Waals surface area contributed by atoms with E-state index in [-0.39, 0.29) is 23.8 Å². The summed E-state index contributed by atoms with van der Waals surface area (Å²) in [6, 6.07) is 8.30. The number of nitrogens with one attached hydrogen (secondary N) is 1. The Kier molecular flexibility index (Phi) is 6.33. The molecular formula is C19H17ClN4O3S. The van der Waals surface area contributed by atoms with Gasteiger partial charge in [0.2, 0.25) is 5.91 Å². The number of aromatic nitrogens is 3. The molecule has 0 saturated heterocycles. The normalized spacial score (nSPS) is 10.6. The summed E-state index contributed by atoms with van der Waals surface area (Å²) in [5.41, 5.74) is 0.585. The summed E-state index contributed by atoms with van der Waals surface area (Å²) in [6.45, 7) is 3.96. The van der Waals surface area contributed by atoms with Crippen molar-refractivity contribution in [3.05, 3.63) is 64.6 Å². The van der Waals surface area contributed by atoms with E-state index >= 15 is 0 Å². The van der Waals surface area contributed by atoms with Crippen LogP contribution in [0.3, 0.4) is 0 Å². The topological polar surface area (TPSA) is 86.1 Å². The van der Waals surface area contributed by atoms with Gasteiger partial charge >= 0.3 is 0 Å². The number of fused-ring (bicyclic) bond motifs is 1. The Labute approximate surface area is 170 Å². The van der Waals surface area contributed by atoms with Crippen molar-refractivity contribution in [2.75, 3.05) is 18.2 Å². The highest BCUT2D eigenvalue weighted by Crippen LogP contribution is 2.28. The van der Waals surface area contributed by atoms with E-state index in [0.717, 1.165) is 11.8 Å². The molecule has 0 radical (unpaired) electrons. The van der Waals surface area contributed by atoms with Crippen LogP contribution < -0.4 is 15.6 Å². The SMILES string of the molecule is C=CCn1c(SCC(=O)Nc2cc(Cl)ccc2OC)nc2ncccc2c1=O. The Bertz CT molecular complexity index is 1100. The summed E-state index contributed by atoms with van der Waals surface area (Å²) in [4.78, 5) is 33.6. The zero-order valence-corrected chi connectivity index (χ0v) is 16.6. The molecular weight excluding hydrogens is 400 g/mol. The Morgan fingerprint density at radius 3 is 3.00 bits per heavy atom. The second-order valence-electron chi connectivity index (χ2n) is 5.65. The number of pyridine rings is 1. The summed E-state index contributed by atoms with van der Waals surface area (Å²) in [6.07, 6.45) is 3.17. The molecule has 0 atom stereocenters.